The number of rotatable bonds is 5. The summed E-state index contributed by atoms with van der Waals surface area (Å²) in [5, 5.41) is 0.471. The predicted molar refractivity (Wildman–Crippen MR) is 109 cm³/mol. The third-order valence-electron chi connectivity index (χ3n) is 4.14. The molecule has 0 fully saturated rings. The Labute approximate surface area is 170 Å². The third-order valence-corrected chi connectivity index (χ3v) is 5.15. The normalized spacial score (nSPS) is 12.1. The van der Waals surface area contributed by atoms with Crippen LogP contribution in [0.3, 0.4) is 0 Å². The quantitative estimate of drug-likeness (QED) is 0.532. The van der Waals surface area contributed by atoms with Gasteiger partial charge in [0, 0.05) is 10.5 Å². The second-order valence-electron chi connectivity index (χ2n) is 6.16. The molecule has 4 nitrogen and oxygen atoms in total. The van der Waals surface area contributed by atoms with Gasteiger partial charge in [-0.15, -0.1) is 0 Å². The first-order chi connectivity index (χ1) is 13.8. The van der Waals surface area contributed by atoms with Gasteiger partial charge in [0.1, 0.15) is 22.9 Å². The van der Waals surface area contributed by atoms with Crippen molar-refractivity contribution in [1.29, 1.82) is 0 Å². The van der Waals surface area contributed by atoms with Gasteiger partial charge >= 0.3 is 6.18 Å². The van der Waals surface area contributed by atoms with Crippen molar-refractivity contribution in [1.82, 2.24) is 9.97 Å². The summed E-state index contributed by atoms with van der Waals surface area (Å²) in [7, 11) is 1.59. The minimum absolute atomic E-state index is 0.247. The van der Waals surface area contributed by atoms with Crippen LogP contribution in [0.25, 0.3) is 11.6 Å². The fourth-order valence-electron chi connectivity index (χ4n) is 2.62. The number of hydrogen-bond donors (Lipinski definition) is 1. The van der Waals surface area contributed by atoms with E-state index in [0.29, 0.717) is 21.2 Å². The van der Waals surface area contributed by atoms with E-state index in [1.54, 1.807) is 13.2 Å². The van der Waals surface area contributed by atoms with Gasteiger partial charge in [0.2, 0.25) is 0 Å². The van der Waals surface area contributed by atoms with Gasteiger partial charge in [-0.25, -0.2) is 9.97 Å². The molecule has 3 rings (SSSR count). The van der Waals surface area contributed by atoms with Crippen LogP contribution in [0, 0.1) is 0 Å². The molecule has 0 aliphatic heterocycles. The molecule has 0 amide bonds. The van der Waals surface area contributed by atoms with Crippen LogP contribution < -0.4 is 10.5 Å². The molecular weight excluding hydrogens is 399 g/mol. The highest BCUT2D eigenvalue weighted by molar-refractivity contribution is 7.99. The Balaban J connectivity index is 1.98. The van der Waals surface area contributed by atoms with Crippen molar-refractivity contribution in [2.75, 3.05) is 12.8 Å². The van der Waals surface area contributed by atoms with Gasteiger partial charge < -0.3 is 10.5 Å². The second-order valence-corrected chi connectivity index (χ2v) is 7.23. The van der Waals surface area contributed by atoms with Crippen LogP contribution in [0.2, 0.25) is 0 Å². The zero-order valence-electron chi connectivity index (χ0n) is 15.7. The zero-order valence-corrected chi connectivity index (χ0v) is 16.5. The first kappa shape index (κ1) is 20.7. The van der Waals surface area contributed by atoms with Gasteiger partial charge in [-0.1, -0.05) is 30.0 Å². The average molecular weight is 417 g/mol. The Morgan fingerprint density at radius 1 is 1.10 bits per heavy atom. The molecule has 8 heteroatoms. The smallest absolute Gasteiger partial charge is 0.416 e. The maximum Gasteiger partial charge on any atom is 0.416 e. The predicted octanol–water partition coefficient (Wildman–Crippen LogP) is 5.80. The van der Waals surface area contributed by atoms with Crippen molar-refractivity contribution < 1.29 is 17.9 Å². The van der Waals surface area contributed by atoms with E-state index in [2.05, 4.69) is 9.97 Å². The summed E-state index contributed by atoms with van der Waals surface area (Å²) >= 11 is 1.10. The number of nitrogens with zero attached hydrogens (tertiary/aromatic N) is 2. The summed E-state index contributed by atoms with van der Waals surface area (Å²) in [5.41, 5.74) is 7.68. The number of benzene rings is 2. The molecule has 3 aromatic rings. The maximum atomic E-state index is 13.0. The molecule has 2 N–H and O–H groups in total. The molecule has 2 aromatic carbocycles. The molecule has 0 bridgehead atoms. The zero-order chi connectivity index (χ0) is 21.0. The molecule has 0 aliphatic rings. The van der Waals surface area contributed by atoms with E-state index in [-0.39, 0.29) is 5.82 Å². The van der Waals surface area contributed by atoms with Crippen LogP contribution in [0.15, 0.2) is 64.8 Å². The van der Waals surface area contributed by atoms with Crippen molar-refractivity contribution in [3.8, 4) is 5.75 Å². The van der Waals surface area contributed by atoms with E-state index in [1.807, 2.05) is 37.3 Å². The number of anilines is 1. The Morgan fingerprint density at radius 3 is 2.59 bits per heavy atom. The number of ether oxygens (including phenoxy) is 1. The summed E-state index contributed by atoms with van der Waals surface area (Å²) in [6.45, 7) is 1.90. The van der Waals surface area contributed by atoms with Gasteiger partial charge in [-0.3, -0.25) is 0 Å². The van der Waals surface area contributed by atoms with Crippen LogP contribution in [-0.2, 0) is 6.18 Å². The van der Waals surface area contributed by atoms with E-state index in [0.717, 1.165) is 35.0 Å². The fourth-order valence-corrected chi connectivity index (χ4v) is 3.55. The van der Waals surface area contributed by atoms with Crippen molar-refractivity contribution in [3.05, 3.63) is 71.5 Å². The van der Waals surface area contributed by atoms with E-state index in [1.165, 1.54) is 12.4 Å². The highest BCUT2D eigenvalue weighted by atomic mass is 32.2. The highest BCUT2D eigenvalue weighted by Gasteiger charge is 2.30. The van der Waals surface area contributed by atoms with E-state index < -0.39 is 11.7 Å². The van der Waals surface area contributed by atoms with Crippen molar-refractivity contribution in [3.63, 3.8) is 0 Å². The van der Waals surface area contributed by atoms with Crippen LogP contribution in [0.4, 0.5) is 19.0 Å². The van der Waals surface area contributed by atoms with E-state index in [4.69, 9.17) is 10.5 Å². The first-order valence-corrected chi connectivity index (χ1v) is 9.38. The van der Waals surface area contributed by atoms with Crippen LogP contribution in [-0.4, -0.2) is 17.1 Å². The fraction of sp³-hybridized carbons (Fsp3) is 0.143. The van der Waals surface area contributed by atoms with Gasteiger partial charge in [-0.05, 0) is 54.5 Å². The largest absolute Gasteiger partial charge is 0.497 e. The van der Waals surface area contributed by atoms with Crippen LogP contribution in [0.1, 0.15) is 23.6 Å². The summed E-state index contributed by atoms with van der Waals surface area (Å²) < 4.78 is 44.2. The Bertz CT molecular complexity index is 1050. The Kier molecular flexibility index (Phi) is 6.12. The molecule has 29 heavy (non-hydrogen) atoms. The Hall–Kier alpha value is -3.00. The lowest BCUT2D eigenvalue weighted by Gasteiger charge is -2.11. The standard InChI is InChI=1S/C21H18F3N3OS/c1-13(14-5-3-7-16(10-14)28-2)9-18-19(25)26-12-27-20(18)29-17-8-4-6-15(11-17)21(22,23)24/h3-12H,1-2H3,(H2,25,26,27)/b13-9+. The summed E-state index contributed by atoms with van der Waals surface area (Å²) in [5.74, 6) is 0.961. The van der Waals surface area contributed by atoms with E-state index in [9.17, 15) is 13.2 Å². The average Bonchev–Trinajstić information content (AvgIpc) is 2.70. The maximum absolute atomic E-state index is 13.0. The highest BCUT2D eigenvalue weighted by Crippen LogP contribution is 2.36. The number of aromatic nitrogens is 2. The number of alkyl halides is 3. The lowest BCUT2D eigenvalue weighted by Crippen LogP contribution is -2.04. The van der Waals surface area contributed by atoms with Crippen molar-refractivity contribution >= 4 is 29.2 Å². The topological polar surface area (TPSA) is 61.0 Å². The number of nitrogen functional groups attached to an aromatic ring is 1. The molecule has 0 saturated heterocycles. The van der Waals surface area contributed by atoms with Crippen molar-refractivity contribution in [2.24, 2.45) is 0 Å². The number of hydrogen-bond acceptors (Lipinski definition) is 5. The van der Waals surface area contributed by atoms with Gasteiger partial charge in [0.05, 0.1) is 12.7 Å². The molecule has 0 spiro atoms. The third kappa shape index (κ3) is 5.08. The molecular formula is C21H18F3N3OS. The molecule has 0 aliphatic carbocycles. The summed E-state index contributed by atoms with van der Waals surface area (Å²) in [6, 6.07) is 12.6. The Morgan fingerprint density at radius 2 is 1.86 bits per heavy atom. The second kappa shape index (κ2) is 8.57. The SMILES string of the molecule is COc1cccc(/C(C)=C/c2c(N)ncnc2Sc2cccc(C(F)(F)F)c2)c1. The van der Waals surface area contributed by atoms with Crippen LogP contribution in [0.5, 0.6) is 5.75 Å². The van der Waals surface area contributed by atoms with Gasteiger partial charge in [0.25, 0.3) is 0 Å². The first-order valence-electron chi connectivity index (χ1n) is 8.56. The molecule has 1 aromatic heterocycles. The number of halogens is 3. The lowest BCUT2D eigenvalue weighted by atomic mass is 10.0. The summed E-state index contributed by atoms with van der Waals surface area (Å²) in [4.78, 5) is 8.66. The van der Waals surface area contributed by atoms with Gasteiger partial charge in [-0.2, -0.15) is 13.2 Å². The molecule has 150 valence electrons. The van der Waals surface area contributed by atoms with Gasteiger partial charge in [0.15, 0.2) is 0 Å². The molecule has 0 atom stereocenters. The molecule has 1 heterocycles. The van der Waals surface area contributed by atoms with Crippen molar-refractivity contribution in [2.45, 2.75) is 23.0 Å². The lowest BCUT2D eigenvalue weighted by molar-refractivity contribution is -0.137. The summed E-state index contributed by atoms with van der Waals surface area (Å²) in [6.07, 6.45) is -1.30. The number of nitrogens with two attached hydrogens (primary N) is 1. The molecule has 0 radical (unpaired) electrons. The monoisotopic (exact) mass is 417 g/mol. The molecule has 0 saturated carbocycles. The van der Waals surface area contributed by atoms with Crippen LogP contribution >= 0.6 is 11.8 Å². The minimum Gasteiger partial charge on any atom is -0.497 e. The molecule has 0 unspecified atom stereocenters. The minimum atomic E-state index is -4.41. The number of methoxy groups -OCH3 is 1. The number of allylic oxidation sites excluding steroid dienone is 1. The van der Waals surface area contributed by atoms with E-state index >= 15 is 0 Å².